The maximum atomic E-state index is 14.5. The molecule has 40 heavy (non-hydrogen) atoms. The molecule has 0 radical (unpaired) electrons. The van der Waals surface area contributed by atoms with E-state index >= 15 is 0 Å². The second-order valence-electron chi connectivity index (χ2n) is 8.67. The third-order valence-corrected chi connectivity index (χ3v) is 5.86. The highest BCUT2D eigenvalue weighted by Gasteiger charge is 2.60. The summed E-state index contributed by atoms with van der Waals surface area (Å²) < 4.78 is 95.6. The predicted octanol–water partition coefficient (Wildman–Crippen LogP) is 6.01. The zero-order chi connectivity index (χ0) is 29.4. The minimum atomic E-state index is -5.05. The molecule has 0 bridgehead atoms. The fraction of sp³-hybridized carbons (Fsp3) is 0.385. The van der Waals surface area contributed by atoms with Crippen molar-refractivity contribution in [3.8, 4) is 11.6 Å². The SMILES string of the molecule is C=CCCNCc1nc(-c2nnc(C(CC=C)(OCC3=CCCC=C3)C(F)(F)F)o2)c(NC=O)cc1C(F)(F)F. The van der Waals surface area contributed by atoms with Crippen molar-refractivity contribution in [1.82, 2.24) is 20.5 Å². The van der Waals surface area contributed by atoms with E-state index in [9.17, 15) is 31.1 Å². The number of alkyl halides is 6. The van der Waals surface area contributed by atoms with Crippen molar-refractivity contribution in [2.24, 2.45) is 0 Å². The van der Waals surface area contributed by atoms with Crippen LogP contribution in [0, 0.1) is 0 Å². The summed E-state index contributed by atoms with van der Waals surface area (Å²) in [7, 11) is 0. The second-order valence-corrected chi connectivity index (χ2v) is 8.67. The molecule has 8 nitrogen and oxygen atoms in total. The molecule has 2 aromatic rings. The van der Waals surface area contributed by atoms with Crippen molar-refractivity contribution < 1.29 is 40.3 Å². The first-order valence-electron chi connectivity index (χ1n) is 12.1. The van der Waals surface area contributed by atoms with Crippen LogP contribution in [0.4, 0.5) is 32.0 Å². The normalized spacial score (nSPS) is 15.3. The molecule has 2 aromatic heterocycles. The first-order chi connectivity index (χ1) is 19.0. The number of allylic oxidation sites excluding steroid dienone is 2. The number of carbonyl (C=O) groups is 1. The van der Waals surface area contributed by atoms with Crippen LogP contribution in [0.15, 0.2) is 59.6 Å². The van der Waals surface area contributed by atoms with E-state index < -0.39 is 65.4 Å². The lowest BCUT2D eigenvalue weighted by Crippen LogP contribution is -2.45. The quantitative estimate of drug-likeness (QED) is 0.124. The molecular weight excluding hydrogens is 544 g/mol. The maximum Gasteiger partial charge on any atom is 0.426 e. The molecule has 0 spiro atoms. The van der Waals surface area contributed by atoms with Crippen molar-refractivity contribution in [3.63, 3.8) is 0 Å². The Hall–Kier alpha value is -3.78. The molecule has 0 fully saturated rings. The van der Waals surface area contributed by atoms with E-state index in [1.165, 1.54) is 0 Å². The van der Waals surface area contributed by atoms with E-state index in [1.807, 2.05) is 0 Å². The van der Waals surface area contributed by atoms with Crippen molar-refractivity contribution >= 4 is 12.1 Å². The summed E-state index contributed by atoms with van der Waals surface area (Å²) in [5.74, 6) is -1.65. The highest BCUT2D eigenvalue weighted by atomic mass is 19.4. The number of ether oxygens (including phenoxy) is 1. The smallest absolute Gasteiger partial charge is 0.416 e. The molecule has 1 atom stereocenters. The van der Waals surface area contributed by atoms with Gasteiger partial charge >= 0.3 is 12.4 Å². The highest BCUT2D eigenvalue weighted by Crippen LogP contribution is 2.46. The zero-order valence-electron chi connectivity index (χ0n) is 21.2. The Bertz CT molecular complexity index is 1270. The summed E-state index contributed by atoms with van der Waals surface area (Å²) in [6, 6.07) is 0.601. The number of halogens is 6. The van der Waals surface area contributed by atoms with Crippen LogP contribution in [0.25, 0.3) is 11.6 Å². The van der Waals surface area contributed by atoms with Crippen LogP contribution in [0.1, 0.15) is 42.8 Å². The lowest BCUT2D eigenvalue weighted by atomic mass is 9.98. The molecule has 1 amide bonds. The predicted molar refractivity (Wildman–Crippen MR) is 134 cm³/mol. The topological polar surface area (TPSA) is 102 Å². The van der Waals surface area contributed by atoms with Gasteiger partial charge in [-0.25, -0.2) is 4.98 Å². The fourth-order valence-electron chi connectivity index (χ4n) is 3.87. The Balaban J connectivity index is 2.10. The van der Waals surface area contributed by atoms with Crippen molar-refractivity contribution in [1.29, 1.82) is 0 Å². The number of pyridine rings is 1. The minimum absolute atomic E-state index is 0.0895. The third kappa shape index (κ3) is 7.04. The summed E-state index contributed by atoms with van der Waals surface area (Å²) in [6.07, 6.45) is -1.05. The molecular formula is C26H27F6N5O3. The first kappa shape index (κ1) is 30.8. The summed E-state index contributed by atoms with van der Waals surface area (Å²) in [6.45, 7) is 6.42. The summed E-state index contributed by atoms with van der Waals surface area (Å²) >= 11 is 0. The number of aromatic nitrogens is 3. The van der Waals surface area contributed by atoms with E-state index in [0.717, 1.165) is 12.5 Å². The van der Waals surface area contributed by atoms with E-state index in [-0.39, 0.29) is 19.5 Å². The largest absolute Gasteiger partial charge is 0.426 e. The Morgan fingerprint density at radius 3 is 2.48 bits per heavy atom. The lowest BCUT2D eigenvalue weighted by Gasteiger charge is -2.32. The third-order valence-electron chi connectivity index (χ3n) is 5.86. The highest BCUT2D eigenvalue weighted by molar-refractivity contribution is 5.81. The van der Waals surface area contributed by atoms with Crippen LogP contribution in [0.3, 0.4) is 0 Å². The van der Waals surface area contributed by atoms with Crippen LogP contribution < -0.4 is 10.6 Å². The Morgan fingerprint density at radius 1 is 1.10 bits per heavy atom. The number of rotatable bonds is 14. The monoisotopic (exact) mass is 571 g/mol. The first-order valence-corrected chi connectivity index (χ1v) is 12.1. The van der Waals surface area contributed by atoms with E-state index in [4.69, 9.17) is 9.15 Å². The van der Waals surface area contributed by atoms with Gasteiger partial charge in [-0.05, 0) is 37.4 Å². The van der Waals surface area contributed by atoms with Crippen molar-refractivity contribution in [2.45, 2.75) is 50.2 Å². The van der Waals surface area contributed by atoms with E-state index in [0.29, 0.717) is 24.5 Å². The average molecular weight is 572 g/mol. The molecule has 0 saturated heterocycles. The number of hydrogen-bond acceptors (Lipinski definition) is 7. The Morgan fingerprint density at radius 2 is 1.88 bits per heavy atom. The van der Waals surface area contributed by atoms with Gasteiger partial charge in [-0.1, -0.05) is 30.4 Å². The van der Waals surface area contributed by atoms with Crippen LogP contribution in [-0.2, 0) is 27.9 Å². The molecule has 0 saturated carbocycles. The fourth-order valence-corrected chi connectivity index (χ4v) is 3.87. The molecule has 0 aromatic carbocycles. The van der Waals surface area contributed by atoms with Gasteiger partial charge in [-0.15, -0.1) is 23.4 Å². The number of nitrogens with zero attached hydrogens (tertiary/aromatic N) is 3. The van der Waals surface area contributed by atoms with Gasteiger partial charge in [0.25, 0.3) is 11.8 Å². The molecule has 2 heterocycles. The lowest BCUT2D eigenvalue weighted by molar-refractivity contribution is -0.289. The summed E-state index contributed by atoms with van der Waals surface area (Å²) in [4.78, 5) is 15.1. The van der Waals surface area contributed by atoms with Gasteiger partial charge in [-0.3, -0.25) is 4.79 Å². The zero-order valence-corrected chi connectivity index (χ0v) is 21.2. The number of carbonyl (C=O) groups excluding carboxylic acids is 1. The second kappa shape index (κ2) is 13.0. The number of amides is 1. The van der Waals surface area contributed by atoms with Crippen molar-refractivity contribution in [2.75, 3.05) is 18.5 Å². The summed E-state index contributed by atoms with van der Waals surface area (Å²) in [5, 5.41) is 12.0. The molecule has 1 unspecified atom stereocenters. The van der Waals surface area contributed by atoms with Gasteiger partial charge in [0, 0.05) is 13.0 Å². The molecule has 216 valence electrons. The van der Waals surface area contributed by atoms with Crippen LogP contribution >= 0.6 is 0 Å². The van der Waals surface area contributed by atoms with Crippen LogP contribution in [-0.4, -0.2) is 40.9 Å². The van der Waals surface area contributed by atoms with E-state index in [2.05, 4.69) is 39.0 Å². The van der Waals surface area contributed by atoms with Crippen molar-refractivity contribution in [3.05, 3.63) is 72.3 Å². The standard InChI is InChI=1S/C26H27F6N5O3/c1-3-5-12-33-14-20-18(25(27,28)29)13-19(34-16-38)21(35-20)22-36-37-23(40-22)24(11-4-2,26(30,31)32)39-15-17-9-7-6-8-10-17/h3-4,7,9-10,13,16,33H,1-2,5-6,8,11-12,14-15H2,(H,34,38). The van der Waals surface area contributed by atoms with Gasteiger partial charge in [0.2, 0.25) is 12.0 Å². The number of anilines is 1. The van der Waals surface area contributed by atoms with E-state index in [1.54, 1.807) is 24.3 Å². The Kier molecular flexibility index (Phi) is 10.0. The molecule has 2 N–H and O–H groups in total. The van der Waals surface area contributed by atoms with Gasteiger partial charge in [0.15, 0.2) is 5.69 Å². The summed E-state index contributed by atoms with van der Waals surface area (Å²) in [5.41, 5.74) is -5.20. The molecule has 0 aliphatic heterocycles. The minimum Gasteiger partial charge on any atom is -0.416 e. The van der Waals surface area contributed by atoms with Gasteiger partial charge in [0.05, 0.1) is 23.6 Å². The van der Waals surface area contributed by atoms with Gasteiger partial charge < -0.3 is 19.8 Å². The Labute approximate surface area is 225 Å². The van der Waals surface area contributed by atoms with Crippen LogP contribution in [0.5, 0.6) is 0 Å². The number of nitrogens with one attached hydrogen (secondary N) is 2. The molecule has 14 heteroatoms. The van der Waals surface area contributed by atoms with Gasteiger partial charge in [0.1, 0.15) is 0 Å². The average Bonchev–Trinajstić information content (AvgIpc) is 3.39. The molecule has 1 aliphatic rings. The maximum absolute atomic E-state index is 14.5. The van der Waals surface area contributed by atoms with Gasteiger partial charge in [-0.2, -0.15) is 26.3 Å². The molecule has 3 rings (SSSR count). The number of hydrogen-bond donors (Lipinski definition) is 2. The van der Waals surface area contributed by atoms with Crippen LogP contribution in [0.2, 0.25) is 0 Å². The molecule has 1 aliphatic carbocycles.